The van der Waals surface area contributed by atoms with E-state index in [-0.39, 0.29) is 17.5 Å². The van der Waals surface area contributed by atoms with E-state index in [2.05, 4.69) is 10.3 Å². The predicted octanol–water partition coefficient (Wildman–Crippen LogP) is 5.93. The van der Waals surface area contributed by atoms with E-state index >= 15 is 0 Å². The SMILES string of the molecule is C[C@@H](NC(=O)c1ccc2cc(C(C)(O)C(F)(F)F)ccc2c1)c1ccnc2c1C=CCC=C2. The lowest BCUT2D eigenvalue weighted by Gasteiger charge is -2.27. The first-order valence-electron chi connectivity index (χ1n) is 10.5. The Morgan fingerprint density at radius 1 is 1.06 bits per heavy atom. The van der Waals surface area contributed by atoms with Crippen LogP contribution in [0.3, 0.4) is 0 Å². The molecule has 1 aliphatic carbocycles. The minimum atomic E-state index is -4.80. The average molecular weight is 452 g/mol. The van der Waals surface area contributed by atoms with E-state index in [4.69, 9.17) is 0 Å². The number of pyridine rings is 1. The number of carbonyl (C=O) groups is 1. The normalized spacial score (nSPS) is 16.1. The molecule has 0 bridgehead atoms. The summed E-state index contributed by atoms with van der Waals surface area (Å²) in [6.07, 6.45) is 5.75. The third-order valence-electron chi connectivity index (χ3n) is 5.92. The van der Waals surface area contributed by atoms with Crippen LogP contribution in [-0.2, 0) is 5.60 Å². The molecule has 1 aliphatic rings. The van der Waals surface area contributed by atoms with E-state index in [1.807, 2.05) is 37.3 Å². The highest BCUT2D eigenvalue weighted by molar-refractivity contribution is 5.99. The molecule has 4 nitrogen and oxygen atoms in total. The molecule has 1 heterocycles. The molecule has 1 unspecified atom stereocenters. The van der Waals surface area contributed by atoms with Crippen LogP contribution in [0.15, 0.2) is 60.8 Å². The van der Waals surface area contributed by atoms with Crippen LogP contribution in [0, 0.1) is 0 Å². The topological polar surface area (TPSA) is 62.2 Å². The largest absolute Gasteiger partial charge is 0.421 e. The number of fused-ring (bicyclic) bond motifs is 2. The van der Waals surface area contributed by atoms with Crippen LogP contribution in [0.2, 0.25) is 0 Å². The fourth-order valence-electron chi connectivity index (χ4n) is 3.85. The third kappa shape index (κ3) is 4.41. The number of aliphatic hydroxyl groups is 1. The van der Waals surface area contributed by atoms with Crippen molar-refractivity contribution in [1.29, 1.82) is 0 Å². The van der Waals surface area contributed by atoms with Crippen LogP contribution < -0.4 is 5.32 Å². The number of nitrogens with one attached hydrogen (secondary N) is 1. The smallest absolute Gasteiger partial charge is 0.376 e. The highest BCUT2D eigenvalue weighted by Gasteiger charge is 2.51. The number of rotatable bonds is 4. The van der Waals surface area contributed by atoms with Crippen molar-refractivity contribution in [2.75, 3.05) is 0 Å². The minimum absolute atomic E-state index is 0.256. The van der Waals surface area contributed by atoms with E-state index in [1.54, 1.807) is 24.4 Å². The van der Waals surface area contributed by atoms with Gasteiger partial charge in [0.25, 0.3) is 5.91 Å². The van der Waals surface area contributed by atoms with Crippen LogP contribution in [0.25, 0.3) is 22.9 Å². The first-order valence-corrected chi connectivity index (χ1v) is 10.5. The van der Waals surface area contributed by atoms with Crippen molar-refractivity contribution >= 4 is 28.8 Å². The second-order valence-electron chi connectivity index (χ2n) is 8.28. The number of aromatic nitrogens is 1. The zero-order valence-electron chi connectivity index (χ0n) is 18.1. The van der Waals surface area contributed by atoms with Gasteiger partial charge >= 0.3 is 6.18 Å². The molecule has 170 valence electrons. The Morgan fingerprint density at radius 2 is 1.76 bits per heavy atom. The standard InChI is InChI=1S/C26H23F3N2O2/c1-16(21-12-13-30-23-7-5-3-4-6-22(21)23)31-24(32)19-9-8-18-15-20(11-10-17(18)14-19)25(2,33)26(27,28)29/h4-16,33H,3H2,1-2H3,(H,31,32)/t16-,25?/m1/s1. The molecule has 3 aromatic rings. The molecule has 1 aromatic heterocycles. The molecule has 4 rings (SSSR count). The van der Waals surface area contributed by atoms with Gasteiger partial charge in [-0.25, -0.2) is 0 Å². The number of alkyl halides is 3. The van der Waals surface area contributed by atoms with Gasteiger partial charge in [0.2, 0.25) is 0 Å². The quantitative estimate of drug-likeness (QED) is 0.516. The van der Waals surface area contributed by atoms with Crippen LogP contribution >= 0.6 is 0 Å². The van der Waals surface area contributed by atoms with E-state index < -0.39 is 11.8 Å². The third-order valence-corrected chi connectivity index (χ3v) is 5.92. The number of hydrogen-bond donors (Lipinski definition) is 2. The summed E-state index contributed by atoms with van der Waals surface area (Å²) in [6, 6.07) is 10.4. The number of amides is 1. The second kappa shape index (κ2) is 8.48. The molecular weight excluding hydrogens is 429 g/mol. The number of halogens is 3. The zero-order chi connectivity index (χ0) is 23.8. The highest BCUT2D eigenvalue weighted by Crippen LogP contribution is 2.39. The van der Waals surface area contributed by atoms with Gasteiger partial charge in [-0.1, -0.05) is 36.4 Å². The molecule has 0 spiro atoms. The van der Waals surface area contributed by atoms with Gasteiger partial charge in [-0.3, -0.25) is 9.78 Å². The lowest BCUT2D eigenvalue weighted by molar-refractivity contribution is -0.258. The Hall–Kier alpha value is -3.45. The molecule has 2 atom stereocenters. The van der Waals surface area contributed by atoms with E-state index in [0.717, 1.165) is 30.2 Å². The van der Waals surface area contributed by atoms with Crippen LogP contribution in [0.4, 0.5) is 13.2 Å². The Morgan fingerprint density at radius 3 is 2.52 bits per heavy atom. The molecule has 0 saturated heterocycles. The maximum atomic E-state index is 13.2. The van der Waals surface area contributed by atoms with Gasteiger partial charge in [-0.15, -0.1) is 0 Å². The van der Waals surface area contributed by atoms with Gasteiger partial charge in [0.15, 0.2) is 5.60 Å². The molecule has 0 saturated carbocycles. The average Bonchev–Trinajstić information content (AvgIpc) is 3.03. The number of carbonyl (C=O) groups excluding carboxylic acids is 1. The Bertz CT molecular complexity index is 1280. The van der Waals surface area contributed by atoms with Crippen molar-refractivity contribution in [3.63, 3.8) is 0 Å². The fraction of sp³-hybridized carbons (Fsp3) is 0.231. The summed E-state index contributed by atoms with van der Waals surface area (Å²) in [5.41, 5.74) is -0.0794. The summed E-state index contributed by atoms with van der Waals surface area (Å²) in [6.45, 7) is 2.62. The summed E-state index contributed by atoms with van der Waals surface area (Å²) in [5, 5.41) is 14.0. The van der Waals surface area contributed by atoms with Crippen molar-refractivity contribution < 1.29 is 23.1 Å². The predicted molar refractivity (Wildman–Crippen MR) is 122 cm³/mol. The van der Waals surface area contributed by atoms with Gasteiger partial charge in [-0.2, -0.15) is 13.2 Å². The first kappa shape index (κ1) is 22.7. The summed E-state index contributed by atoms with van der Waals surface area (Å²) < 4.78 is 39.5. The van der Waals surface area contributed by atoms with Crippen LogP contribution in [-0.4, -0.2) is 22.2 Å². The zero-order valence-corrected chi connectivity index (χ0v) is 18.1. The lowest BCUT2D eigenvalue weighted by atomic mass is 9.92. The van der Waals surface area contributed by atoms with Crippen molar-refractivity contribution in [1.82, 2.24) is 10.3 Å². The van der Waals surface area contributed by atoms with Gasteiger partial charge < -0.3 is 10.4 Å². The highest BCUT2D eigenvalue weighted by atomic mass is 19.4. The summed E-state index contributed by atoms with van der Waals surface area (Å²) in [4.78, 5) is 17.3. The summed E-state index contributed by atoms with van der Waals surface area (Å²) in [5.74, 6) is -0.297. The van der Waals surface area contributed by atoms with Crippen molar-refractivity contribution in [3.8, 4) is 0 Å². The Balaban J connectivity index is 1.58. The molecule has 2 N–H and O–H groups in total. The first-order chi connectivity index (χ1) is 15.6. The molecule has 1 amide bonds. The molecule has 0 fully saturated rings. The number of allylic oxidation sites excluding steroid dienone is 2. The van der Waals surface area contributed by atoms with Gasteiger partial charge in [0.1, 0.15) is 0 Å². The van der Waals surface area contributed by atoms with E-state index in [1.165, 1.54) is 18.2 Å². The molecule has 0 radical (unpaired) electrons. The monoisotopic (exact) mass is 452 g/mol. The second-order valence-corrected chi connectivity index (χ2v) is 8.28. The fourth-order valence-corrected chi connectivity index (χ4v) is 3.85. The minimum Gasteiger partial charge on any atom is -0.376 e. The van der Waals surface area contributed by atoms with Crippen LogP contribution in [0.5, 0.6) is 0 Å². The maximum absolute atomic E-state index is 13.2. The molecular formula is C26H23F3N2O2. The summed E-state index contributed by atoms with van der Waals surface area (Å²) >= 11 is 0. The van der Waals surface area contributed by atoms with Gasteiger partial charge in [0, 0.05) is 17.3 Å². The van der Waals surface area contributed by atoms with E-state index in [9.17, 15) is 23.1 Å². The van der Waals surface area contributed by atoms with E-state index in [0.29, 0.717) is 16.3 Å². The van der Waals surface area contributed by atoms with Crippen molar-refractivity contribution in [2.24, 2.45) is 0 Å². The summed E-state index contributed by atoms with van der Waals surface area (Å²) in [7, 11) is 0. The van der Waals surface area contributed by atoms with Crippen molar-refractivity contribution in [3.05, 3.63) is 88.8 Å². The lowest BCUT2D eigenvalue weighted by Crippen LogP contribution is -2.39. The molecule has 7 heteroatoms. The Labute approximate surface area is 189 Å². The number of benzene rings is 2. The molecule has 0 aliphatic heterocycles. The van der Waals surface area contributed by atoms with Crippen LogP contribution in [0.1, 0.15) is 59.1 Å². The molecule has 2 aromatic carbocycles. The Kier molecular flexibility index (Phi) is 5.84. The van der Waals surface area contributed by atoms with Gasteiger partial charge in [0.05, 0.1) is 11.7 Å². The van der Waals surface area contributed by atoms with Gasteiger partial charge in [-0.05, 0) is 72.5 Å². The van der Waals surface area contributed by atoms with Crippen molar-refractivity contribution in [2.45, 2.75) is 38.1 Å². The number of hydrogen-bond acceptors (Lipinski definition) is 3. The number of nitrogens with zero attached hydrogens (tertiary/aromatic N) is 1. The molecule has 33 heavy (non-hydrogen) atoms. The maximum Gasteiger partial charge on any atom is 0.421 e.